The van der Waals surface area contributed by atoms with E-state index in [1.807, 2.05) is 0 Å². The highest BCUT2D eigenvalue weighted by Crippen LogP contribution is 2.15. The van der Waals surface area contributed by atoms with E-state index in [0.29, 0.717) is 24.2 Å². The molecule has 0 aromatic heterocycles. The van der Waals surface area contributed by atoms with Gasteiger partial charge in [0.2, 0.25) is 0 Å². The molecule has 0 atom stereocenters. The number of hydrogen-bond acceptors (Lipinski definition) is 3. The summed E-state index contributed by atoms with van der Waals surface area (Å²) in [4.78, 5) is 12.8. The lowest BCUT2D eigenvalue weighted by molar-refractivity contribution is 0.112. The Hall–Kier alpha value is -1.42. The predicted molar refractivity (Wildman–Crippen MR) is 65.1 cm³/mol. The summed E-state index contributed by atoms with van der Waals surface area (Å²) in [5.74, 6) is -0.0494. The molecule has 0 aliphatic carbocycles. The minimum absolute atomic E-state index is 0.294. The van der Waals surface area contributed by atoms with Crippen LogP contribution >= 0.6 is 0 Å². The molecule has 17 heavy (non-hydrogen) atoms. The van der Waals surface area contributed by atoms with Crippen LogP contribution in [0.5, 0.6) is 5.75 Å². The molecule has 0 amide bonds. The molecule has 1 aromatic carbocycles. The van der Waals surface area contributed by atoms with Gasteiger partial charge in [-0.2, -0.15) is 0 Å². The minimum Gasteiger partial charge on any atom is -0.492 e. The average Bonchev–Trinajstić information content (AvgIpc) is 2.34. The van der Waals surface area contributed by atoms with Gasteiger partial charge in [0.1, 0.15) is 24.5 Å². The van der Waals surface area contributed by atoms with E-state index in [0.717, 1.165) is 19.6 Å². The lowest BCUT2D eigenvalue weighted by atomic mass is 10.2. The van der Waals surface area contributed by atoms with Crippen LogP contribution in [0.2, 0.25) is 0 Å². The largest absolute Gasteiger partial charge is 0.492 e. The zero-order valence-corrected chi connectivity index (χ0v) is 10.3. The van der Waals surface area contributed by atoms with Gasteiger partial charge in [-0.05, 0) is 25.2 Å². The van der Waals surface area contributed by atoms with Gasteiger partial charge in [-0.1, -0.05) is 13.8 Å². The Morgan fingerprint density at radius 3 is 2.59 bits per heavy atom. The number of aldehydes is 1. The molecule has 1 aromatic rings. The maximum atomic E-state index is 13.1. The number of ether oxygens (including phenoxy) is 1. The molecule has 0 radical (unpaired) electrons. The third-order valence-corrected chi connectivity index (χ3v) is 2.60. The van der Waals surface area contributed by atoms with Crippen LogP contribution in [0.3, 0.4) is 0 Å². The van der Waals surface area contributed by atoms with Gasteiger partial charge in [-0.3, -0.25) is 4.79 Å². The topological polar surface area (TPSA) is 29.5 Å². The van der Waals surface area contributed by atoms with E-state index in [4.69, 9.17) is 4.74 Å². The van der Waals surface area contributed by atoms with E-state index < -0.39 is 5.82 Å². The van der Waals surface area contributed by atoms with E-state index >= 15 is 0 Å². The number of halogens is 1. The van der Waals surface area contributed by atoms with Gasteiger partial charge in [0.15, 0.2) is 0 Å². The standard InChI is InChI=1S/C13H18FNO2/c1-3-15(4-2)5-6-17-13-8-11(10-16)7-12(14)9-13/h7-10H,3-6H2,1-2H3. The Bertz CT molecular complexity index is 364. The fourth-order valence-electron chi connectivity index (χ4n) is 1.57. The Morgan fingerprint density at radius 1 is 1.29 bits per heavy atom. The van der Waals surface area contributed by atoms with Gasteiger partial charge in [0, 0.05) is 18.2 Å². The third kappa shape index (κ3) is 4.53. The van der Waals surface area contributed by atoms with Gasteiger partial charge in [-0.25, -0.2) is 4.39 Å². The van der Waals surface area contributed by atoms with Gasteiger partial charge in [-0.15, -0.1) is 0 Å². The van der Waals surface area contributed by atoms with Crippen molar-refractivity contribution in [3.05, 3.63) is 29.6 Å². The molecule has 0 saturated heterocycles. The van der Waals surface area contributed by atoms with Gasteiger partial charge < -0.3 is 9.64 Å². The molecule has 0 spiro atoms. The SMILES string of the molecule is CCN(CC)CCOc1cc(F)cc(C=O)c1. The Morgan fingerprint density at radius 2 is 2.00 bits per heavy atom. The predicted octanol–water partition coefficient (Wildman–Crippen LogP) is 2.36. The van der Waals surface area contributed by atoms with Crippen molar-refractivity contribution in [1.29, 1.82) is 0 Å². The summed E-state index contributed by atoms with van der Waals surface area (Å²) in [5.41, 5.74) is 0.294. The number of carbonyl (C=O) groups is 1. The molecule has 0 bridgehead atoms. The molecule has 4 heteroatoms. The molecule has 94 valence electrons. The monoisotopic (exact) mass is 239 g/mol. The van der Waals surface area contributed by atoms with Crippen LogP contribution in [0.4, 0.5) is 4.39 Å². The molecular weight excluding hydrogens is 221 g/mol. The number of carbonyl (C=O) groups excluding carboxylic acids is 1. The summed E-state index contributed by atoms with van der Waals surface area (Å²) in [6.45, 7) is 7.36. The fourth-order valence-corrected chi connectivity index (χ4v) is 1.57. The first-order valence-electron chi connectivity index (χ1n) is 5.80. The van der Waals surface area contributed by atoms with Crippen molar-refractivity contribution < 1.29 is 13.9 Å². The lowest BCUT2D eigenvalue weighted by Crippen LogP contribution is -2.27. The van der Waals surface area contributed by atoms with E-state index in [-0.39, 0.29) is 0 Å². The Balaban J connectivity index is 2.51. The molecule has 0 fully saturated rings. The zero-order chi connectivity index (χ0) is 12.7. The number of nitrogens with zero attached hydrogens (tertiary/aromatic N) is 1. The average molecular weight is 239 g/mol. The van der Waals surface area contributed by atoms with Crippen molar-refractivity contribution in [3.8, 4) is 5.75 Å². The number of benzene rings is 1. The molecule has 0 saturated carbocycles. The number of rotatable bonds is 7. The Kier molecular flexibility index (Phi) is 5.63. The first-order chi connectivity index (χ1) is 8.19. The maximum absolute atomic E-state index is 13.1. The quantitative estimate of drug-likeness (QED) is 0.684. The van der Waals surface area contributed by atoms with Crippen molar-refractivity contribution in [3.63, 3.8) is 0 Å². The Labute approximate surface area is 101 Å². The van der Waals surface area contributed by atoms with Crippen LogP contribution < -0.4 is 4.74 Å². The minimum atomic E-state index is -0.451. The summed E-state index contributed by atoms with van der Waals surface area (Å²) in [5, 5.41) is 0. The fraction of sp³-hybridized carbons (Fsp3) is 0.462. The van der Waals surface area contributed by atoms with E-state index in [2.05, 4.69) is 18.7 Å². The molecule has 0 heterocycles. The van der Waals surface area contributed by atoms with Crippen LogP contribution in [0.15, 0.2) is 18.2 Å². The highest BCUT2D eigenvalue weighted by atomic mass is 19.1. The number of hydrogen-bond donors (Lipinski definition) is 0. The molecule has 3 nitrogen and oxygen atoms in total. The lowest BCUT2D eigenvalue weighted by Gasteiger charge is -2.18. The van der Waals surface area contributed by atoms with Crippen molar-refractivity contribution in [2.45, 2.75) is 13.8 Å². The highest BCUT2D eigenvalue weighted by molar-refractivity contribution is 5.75. The third-order valence-electron chi connectivity index (χ3n) is 2.60. The van der Waals surface area contributed by atoms with Crippen LogP contribution in [0.25, 0.3) is 0 Å². The second-order valence-electron chi connectivity index (χ2n) is 3.71. The smallest absolute Gasteiger partial charge is 0.150 e. The normalized spacial score (nSPS) is 10.6. The van der Waals surface area contributed by atoms with Crippen molar-refractivity contribution in [2.24, 2.45) is 0 Å². The summed E-state index contributed by atoms with van der Waals surface area (Å²) < 4.78 is 18.5. The van der Waals surface area contributed by atoms with Crippen molar-refractivity contribution >= 4 is 6.29 Å². The van der Waals surface area contributed by atoms with Crippen LogP contribution in [0, 0.1) is 5.82 Å². The molecule has 0 N–H and O–H groups in total. The molecule has 0 aliphatic heterocycles. The molecular formula is C13H18FNO2. The van der Waals surface area contributed by atoms with Crippen molar-refractivity contribution in [2.75, 3.05) is 26.2 Å². The van der Waals surface area contributed by atoms with Crippen LogP contribution in [-0.4, -0.2) is 37.4 Å². The van der Waals surface area contributed by atoms with E-state index in [1.54, 1.807) is 0 Å². The molecule has 1 rings (SSSR count). The zero-order valence-electron chi connectivity index (χ0n) is 10.3. The van der Waals surface area contributed by atoms with Crippen LogP contribution in [-0.2, 0) is 0 Å². The van der Waals surface area contributed by atoms with Gasteiger partial charge in [0.25, 0.3) is 0 Å². The maximum Gasteiger partial charge on any atom is 0.150 e. The van der Waals surface area contributed by atoms with E-state index in [1.165, 1.54) is 18.2 Å². The highest BCUT2D eigenvalue weighted by Gasteiger charge is 2.03. The van der Waals surface area contributed by atoms with Crippen molar-refractivity contribution in [1.82, 2.24) is 4.90 Å². The molecule has 0 aliphatic rings. The van der Waals surface area contributed by atoms with Crippen LogP contribution in [0.1, 0.15) is 24.2 Å². The van der Waals surface area contributed by atoms with Gasteiger partial charge >= 0.3 is 0 Å². The summed E-state index contributed by atoms with van der Waals surface area (Å²) in [6, 6.07) is 4.01. The summed E-state index contributed by atoms with van der Waals surface area (Å²) in [7, 11) is 0. The second-order valence-corrected chi connectivity index (χ2v) is 3.71. The second kappa shape index (κ2) is 7.01. The first kappa shape index (κ1) is 13.6. The summed E-state index contributed by atoms with van der Waals surface area (Å²) >= 11 is 0. The summed E-state index contributed by atoms with van der Waals surface area (Å²) in [6.07, 6.45) is 0.611. The first-order valence-corrected chi connectivity index (χ1v) is 5.80. The van der Waals surface area contributed by atoms with Gasteiger partial charge in [0.05, 0.1) is 0 Å². The van der Waals surface area contributed by atoms with E-state index in [9.17, 15) is 9.18 Å². The molecule has 0 unspecified atom stereocenters. The number of likely N-dealkylation sites (N-methyl/N-ethyl adjacent to an activating group) is 1.